The molecule has 0 spiro atoms. The highest BCUT2D eigenvalue weighted by atomic mass is 32.2. The molecule has 16 heavy (non-hydrogen) atoms. The normalized spacial score (nSPS) is 13.2. The van der Waals surface area contributed by atoms with Crippen molar-refractivity contribution in [3.63, 3.8) is 0 Å². The third-order valence-corrected chi connectivity index (χ3v) is 2.87. The molecule has 0 rings (SSSR count). The Kier molecular flexibility index (Phi) is 9.03. The van der Waals surface area contributed by atoms with E-state index in [1.165, 1.54) is 0 Å². The van der Waals surface area contributed by atoms with Crippen LogP contribution in [0.3, 0.4) is 0 Å². The van der Waals surface area contributed by atoms with Crippen LogP contribution in [0.1, 0.15) is 26.7 Å². The van der Waals surface area contributed by atoms with Gasteiger partial charge in [-0.25, -0.2) is 0 Å². The number of nitrogens with zero attached hydrogens (tertiary/aromatic N) is 1. The van der Waals surface area contributed by atoms with E-state index in [1.807, 2.05) is 0 Å². The maximum absolute atomic E-state index is 10.4. The standard InChI is InChI=1S/C10H21N3O2S/c1-8(2)6-16-13-7-12-5-3-4-9(11)10(14)15/h7-9H,3-6,11H2,1-2H3,(H,12,13)(H,14,15)/t9-/m1/s1. The summed E-state index contributed by atoms with van der Waals surface area (Å²) >= 11 is 1.61. The largest absolute Gasteiger partial charge is 0.480 e. The average molecular weight is 247 g/mol. The number of hydrogen-bond donors (Lipinski definition) is 3. The fourth-order valence-electron chi connectivity index (χ4n) is 0.880. The van der Waals surface area contributed by atoms with Crippen molar-refractivity contribution in [3.05, 3.63) is 0 Å². The van der Waals surface area contributed by atoms with Gasteiger partial charge in [0.1, 0.15) is 6.04 Å². The van der Waals surface area contributed by atoms with Gasteiger partial charge in [0.25, 0.3) is 0 Å². The molecule has 0 radical (unpaired) electrons. The molecule has 0 aromatic heterocycles. The molecular weight excluding hydrogens is 226 g/mol. The number of nitrogens with one attached hydrogen (secondary N) is 1. The monoisotopic (exact) mass is 247 g/mol. The minimum Gasteiger partial charge on any atom is -0.480 e. The summed E-state index contributed by atoms with van der Waals surface area (Å²) in [7, 11) is 0. The molecule has 0 fully saturated rings. The maximum atomic E-state index is 10.4. The van der Waals surface area contributed by atoms with Crippen molar-refractivity contribution in [2.24, 2.45) is 16.6 Å². The molecule has 5 nitrogen and oxygen atoms in total. The van der Waals surface area contributed by atoms with E-state index in [1.54, 1.807) is 18.3 Å². The van der Waals surface area contributed by atoms with Crippen molar-refractivity contribution in [2.45, 2.75) is 32.7 Å². The molecule has 0 unspecified atom stereocenters. The van der Waals surface area contributed by atoms with Gasteiger partial charge < -0.3 is 15.6 Å². The van der Waals surface area contributed by atoms with Crippen molar-refractivity contribution < 1.29 is 9.90 Å². The molecule has 4 N–H and O–H groups in total. The van der Waals surface area contributed by atoms with Crippen molar-refractivity contribution in [3.8, 4) is 0 Å². The molecule has 0 saturated carbocycles. The van der Waals surface area contributed by atoms with Crippen LogP contribution in [0.15, 0.2) is 4.99 Å². The zero-order valence-electron chi connectivity index (χ0n) is 9.85. The average Bonchev–Trinajstić information content (AvgIpc) is 2.21. The summed E-state index contributed by atoms with van der Waals surface area (Å²) in [5.41, 5.74) is 5.34. The van der Waals surface area contributed by atoms with E-state index in [0.29, 0.717) is 25.3 Å². The van der Waals surface area contributed by atoms with Gasteiger partial charge >= 0.3 is 5.97 Å². The summed E-state index contributed by atoms with van der Waals surface area (Å²) in [6.45, 7) is 4.91. The predicted molar refractivity (Wildman–Crippen MR) is 68.6 cm³/mol. The van der Waals surface area contributed by atoms with Crippen molar-refractivity contribution >= 4 is 24.3 Å². The first kappa shape index (κ1) is 15.2. The van der Waals surface area contributed by atoms with Crippen LogP contribution < -0.4 is 10.5 Å². The predicted octanol–water partition coefficient (Wildman–Crippen LogP) is 1.10. The zero-order chi connectivity index (χ0) is 12.4. The molecule has 1 atom stereocenters. The molecular formula is C10H21N3O2S. The minimum absolute atomic E-state index is 0.464. The van der Waals surface area contributed by atoms with Gasteiger partial charge in [-0.05, 0) is 18.8 Å². The van der Waals surface area contributed by atoms with E-state index in [4.69, 9.17) is 10.8 Å². The Morgan fingerprint density at radius 3 is 2.88 bits per heavy atom. The molecule has 0 aromatic carbocycles. The molecule has 0 saturated heterocycles. The van der Waals surface area contributed by atoms with E-state index in [2.05, 4.69) is 23.6 Å². The van der Waals surface area contributed by atoms with Gasteiger partial charge in [0.2, 0.25) is 0 Å². The van der Waals surface area contributed by atoms with Crippen LogP contribution in [0.2, 0.25) is 0 Å². The Morgan fingerprint density at radius 1 is 1.62 bits per heavy atom. The summed E-state index contributed by atoms with van der Waals surface area (Å²) in [4.78, 5) is 14.5. The molecule has 0 aliphatic carbocycles. The van der Waals surface area contributed by atoms with Gasteiger partial charge in [-0.15, -0.1) is 0 Å². The third-order valence-electron chi connectivity index (χ3n) is 1.76. The molecule has 94 valence electrons. The highest BCUT2D eigenvalue weighted by Gasteiger charge is 2.09. The second-order valence-electron chi connectivity index (χ2n) is 3.94. The molecule has 0 aromatic rings. The number of rotatable bonds is 9. The van der Waals surface area contributed by atoms with Crippen LogP contribution in [0.5, 0.6) is 0 Å². The lowest BCUT2D eigenvalue weighted by atomic mass is 10.2. The second kappa shape index (κ2) is 9.47. The smallest absolute Gasteiger partial charge is 0.320 e. The topological polar surface area (TPSA) is 87.7 Å². The number of aliphatic carboxylic acids is 1. The van der Waals surface area contributed by atoms with Gasteiger partial charge in [-0.1, -0.05) is 25.8 Å². The Bertz CT molecular complexity index is 222. The maximum Gasteiger partial charge on any atom is 0.320 e. The Labute approximate surface area is 101 Å². The second-order valence-corrected chi connectivity index (χ2v) is 4.80. The first-order chi connectivity index (χ1) is 7.54. The summed E-state index contributed by atoms with van der Waals surface area (Å²) in [6.07, 6.45) is 2.81. The number of carboxylic acids is 1. The lowest BCUT2D eigenvalue weighted by Crippen LogP contribution is -2.29. The van der Waals surface area contributed by atoms with Crippen molar-refractivity contribution in [1.29, 1.82) is 0 Å². The van der Waals surface area contributed by atoms with Crippen LogP contribution in [0.4, 0.5) is 0 Å². The van der Waals surface area contributed by atoms with Crippen molar-refractivity contribution in [2.75, 3.05) is 12.3 Å². The van der Waals surface area contributed by atoms with E-state index in [-0.39, 0.29) is 0 Å². The SMILES string of the molecule is CC(C)CSNC=NCCC[C@@H](N)C(=O)O. The Hall–Kier alpha value is -0.750. The lowest BCUT2D eigenvalue weighted by molar-refractivity contribution is -0.138. The van der Waals surface area contributed by atoms with E-state index in [9.17, 15) is 4.79 Å². The van der Waals surface area contributed by atoms with Gasteiger partial charge in [0.15, 0.2) is 0 Å². The van der Waals surface area contributed by atoms with Crippen LogP contribution in [0, 0.1) is 5.92 Å². The summed E-state index contributed by atoms with van der Waals surface area (Å²) in [6, 6.07) is -0.765. The first-order valence-corrected chi connectivity index (χ1v) is 6.36. The minimum atomic E-state index is -0.949. The fraction of sp³-hybridized carbons (Fsp3) is 0.800. The van der Waals surface area contributed by atoms with E-state index >= 15 is 0 Å². The van der Waals surface area contributed by atoms with Gasteiger partial charge in [-0.2, -0.15) is 0 Å². The third kappa shape index (κ3) is 9.79. The first-order valence-electron chi connectivity index (χ1n) is 5.38. The van der Waals surface area contributed by atoms with Gasteiger partial charge in [0, 0.05) is 12.3 Å². The fourth-order valence-corrected chi connectivity index (χ4v) is 1.46. The van der Waals surface area contributed by atoms with E-state index in [0.717, 1.165) is 5.75 Å². The molecule has 6 heteroatoms. The number of nitrogens with two attached hydrogens (primary N) is 1. The lowest BCUT2D eigenvalue weighted by Gasteiger charge is -2.04. The number of aliphatic imine (C=N–C) groups is 1. The Morgan fingerprint density at radius 2 is 2.31 bits per heavy atom. The van der Waals surface area contributed by atoms with Crippen molar-refractivity contribution in [1.82, 2.24) is 4.72 Å². The van der Waals surface area contributed by atoms with E-state index < -0.39 is 12.0 Å². The number of carboxylic acid groups (broad SMARTS) is 1. The summed E-state index contributed by atoms with van der Waals surface area (Å²) in [5.74, 6) is 0.740. The van der Waals surface area contributed by atoms with Gasteiger partial charge in [-0.3, -0.25) is 9.79 Å². The van der Waals surface area contributed by atoms with Crippen LogP contribution in [-0.2, 0) is 4.79 Å². The number of carbonyl (C=O) groups is 1. The quantitative estimate of drug-likeness (QED) is 0.246. The molecule has 0 amide bonds. The highest BCUT2D eigenvalue weighted by molar-refractivity contribution is 7.97. The molecule has 0 heterocycles. The molecule has 0 bridgehead atoms. The Balaban J connectivity index is 3.31. The van der Waals surface area contributed by atoms with Crippen LogP contribution in [-0.4, -0.2) is 35.8 Å². The molecule has 0 aliphatic heterocycles. The summed E-state index contributed by atoms with van der Waals surface area (Å²) in [5, 5.41) is 8.53. The van der Waals surface area contributed by atoms with Crippen LogP contribution in [0.25, 0.3) is 0 Å². The van der Waals surface area contributed by atoms with Crippen LogP contribution >= 0.6 is 11.9 Å². The van der Waals surface area contributed by atoms with Gasteiger partial charge in [0.05, 0.1) is 6.34 Å². The highest BCUT2D eigenvalue weighted by Crippen LogP contribution is 2.01. The molecule has 0 aliphatic rings. The zero-order valence-corrected chi connectivity index (χ0v) is 10.7. The number of hydrogen-bond acceptors (Lipinski definition) is 4. The summed E-state index contributed by atoms with van der Waals surface area (Å²) < 4.78 is 3.01.